The van der Waals surface area contributed by atoms with Gasteiger partial charge in [-0.3, -0.25) is 14.4 Å². The Kier molecular flexibility index (Phi) is 6.67. The topological polar surface area (TPSA) is 105 Å². The van der Waals surface area contributed by atoms with Gasteiger partial charge in [0.2, 0.25) is 11.8 Å². The third-order valence-electron chi connectivity index (χ3n) is 5.53. The van der Waals surface area contributed by atoms with Gasteiger partial charge in [-0.15, -0.1) is 11.3 Å². The van der Waals surface area contributed by atoms with E-state index < -0.39 is 6.04 Å². The molecule has 1 atom stereocenters. The number of carbonyl (C=O) groups is 3. The van der Waals surface area contributed by atoms with Gasteiger partial charge in [0, 0.05) is 29.1 Å². The summed E-state index contributed by atoms with van der Waals surface area (Å²) in [5.74, 6) is -0.590. The average Bonchev–Trinajstić information content (AvgIpc) is 3.43. The van der Waals surface area contributed by atoms with Gasteiger partial charge in [0.1, 0.15) is 6.04 Å². The lowest BCUT2D eigenvalue weighted by atomic mass is 10.1. The van der Waals surface area contributed by atoms with E-state index in [9.17, 15) is 14.4 Å². The number of nitrogens with zero attached hydrogens (tertiary/aromatic N) is 1. The zero-order valence-electron chi connectivity index (χ0n) is 17.9. The molecule has 2 aromatic carbocycles. The van der Waals surface area contributed by atoms with Gasteiger partial charge in [-0.05, 0) is 67.4 Å². The second kappa shape index (κ2) is 9.64. The van der Waals surface area contributed by atoms with Crippen LogP contribution >= 0.6 is 22.9 Å². The molecule has 170 valence electrons. The second-order valence-corrected chi connectivity index (χ2v) is 9.51. The number of thiophene rings is 1. The molecule has 0 saturated carbocycles. The molecule has 3 aromatic rings. The number of carbonyl (C=O) groups excluding carboxylic acids is 3. The van der Waals surface area contributed by atoms with Gasteiger partial charge in [0.25, 0.3) is 5.91 Å². The monoisotopic (exact) mass is 482 g/mol. The molecule has 1 aliphatic heterocycles. The van der Waals surface area contributed by atoms with E-state index in [4.69, 9.17) is 17.3 Å². The normalized spacial score (nSPS) is 14.2. The zero-order chi connectivity index (χ0) is 23.5. The number of hydrogen-bond donors (Lipinski definition) is 3. The third-order valence-corrected chi connectivity index (χ3v) is 6.81. The fourth-order valence-corrected chi connectivity index (χ4v) is 4.69. The van der Waals surface area contributed by atoms with Crippen LogP contribution in [0.25, 0.3) is 10.4 Å². The molecule has 1 aliphatic rings. The zero-order valence-corrected chi connectivity index (χ0v) is 19.5. The Hall–Kier alpha value is -3.36. The molecular weight excluding hydrogens is 460 g/mol. The lowest BCUT2D eigenvalue weighted by Crippen LogP contribution is -2.42. The van der Waals surface area contributed by atoms with Crippen LogP contribution in [0, 0.1) is 0 Å². The molecule has 7 nitrogen and oxygen atoms in total. The van der Waals surface area contributed by atoms with Crippen LogP contribution in [0.4, 0.5) is 17.1 Å². The summed E-state index contributed by atoms with van der Waals surface area (Å²) >= 11 is 7.47. The maximum atomic E-state index is 12.8. The summed E-state index contributed by atoms with van der Waals surface area (Å²) in [6, 6.07) is 15.2. The lowest BCUT2D eigenvalue weighted by molar-refractivity contribution is -0.134. The number of nitrogens with two attached hydrogens (primary N) is 1. The van der Waals surface area contributed by atoms with Crippen molar-refractivity contribution in [2.75, 3.05) is 22.9 Å². The Morgan fingerprint density at radius 1 is 1.09 bits per heavy atom. The maximum Gasteiger partial charge on any atom is 0.255 e. The largest absolute Gasteiger partial charge is 0.397 e. The van der Waals surface area contributed by atoms with Crippen LogP contribution in [0.1, 0.15) is 30.1 Å². The first-order chi connectivity index (χ1) is 15.8. The van der Waals surface area contributed by atoms with Gasteiger partial charge in [-0.25, -0.2) is 0 Å². The highest BCUT2D eigenvalue weighted by molar-refractivity contribution is 7.19. The molecule has 3 amide bonds. The van der Waals surface area contributed by atoms with Crippen LogP contribution in [0.3, 0.4) is 0 Å². The third kappa shape index (κ3) is 5.18. The maximum absolute atomic E-state index is 12.8. The summed E-state index contributed by atoms with van der Waals surface area (Å²) in [7, 11) is 0. The standard InChI is InChI=1S/C24H23ClN4O3S/c1-14(29-12-2-3-22(29)30)23(31)27-17-7-4-15(5-8-17)24(32)28-19-13-16(6-9-18(19)26)20-10-11-21(25)33-20/h4-11,13-14H,2-3,12,26H2,1H3,(H,27,31)(H,28,32). The van der Waals surface area contributed by atoms with Crippen molar-refractivity contribution in [2.45, 2.75) is 25.8 Å². The van der Waals surface area contributed by atoms with Gasteiger partial charge < -0.3 is 21.3 Å². The van der Waals surface area contributed by atoms with Crippen LogP contribution in [0.2, 0.25) is 4.34 Å². The molecule has 33 heavy (non-hydrogen) atoms. The van der Waals surface area contributed by atoms with Gasteiger partial charge >= 0.3 is 0 Å². The lowest BCUT2D eigenvalue weighted by Gasteiger charge is -2.23. The molecule has 1 unspecified atom stereocenters. The number of anilines is 3. The van der Waals surface area contributed by atoms with Crippen molar-refractivity contribution >= 4 is 57.7 Å². The van der Waals surface area contributed by atoms with Crippen molar-refractivity contribution in [3.05, 3.63) is 64.5 Å². The molecule has 4 rings (SSSR count). The van der Waals surface area contributed by atoms with Crippen molar-refractivity contribution in [3.8, 4) is 10.4 Å². The van der Waals surface area contributed by atoms with Crippen molar-refractivity contribution in [1.29, 1.82) is 0 Å². The summed E-state index contributed by atoms with van der Waals surface area (Å²) in [6.07, 6.45) is 1.25. The Morgan fingerprint density at radius 2 is 1.85 bits per heavy atom. The molecule has 0 radical (unpaired) electrons. The summed E-state index contributed by atoms with van der Waals surface area (Å²) in [6.45, 7) is 2.30. The Balaban J connectivity index is 1.41. The van der Waals surface area contributed by atoms with E-state index in [1.165, 1.54) is 11.3 Å². The van der Waals surface area contributed by atoms with Crippen LogP contribution in [0.5, 0.6) is 0 Å². The molecule has 4 N–H and O–H groups in total. The predicted octanol–water partition coefficient (Wildman–Crippen LogP) is 4.85. The number of benzene rings is 2. The highest BCUT2D eigenvalue weighted by atomic mass is 35.5. The van der Waals surface area contributed by atoms with E-state index >= 15 is 0 Å². The van der Waals surface area contributed by atoms with Crippen LogP contribution in [0.15, 0.2) is 54.6 Å². The van der Waals surface area contributed by atoms with E-state index in [-0.39, 0.29) is 17.7 Å². The molecule has 0 aliphatic carbocycles. The van der Waals surface area contributed by atoms with Gasteiger partial charge in [-0.1, -0.05) is 17.7 Å². The van der Waals surface area contributed by atoms with E-state index in [0.29, 0.717) is 39.9 Å². The number of rotatable bonds is 6. The van der Waals surface area contributed by atoms with Crippen molar-refractivity contribution < 1.29 is 14.4 Å². The fraction of sp³-hybridized carbons (Fsp3) is 0.208. The van der Waals surface area contributed by atoms with E-state index in [2.05, 4.69) is 10.6 Å². The van der Waals surface area contributed by atoms with Crippen LogP contribution in [-0.2, 0) is 9.59 Å². The van der Waals surface area contributed by atoms with Gasteiger partial charge in [0.05, 0.1) is 15.7 Å². The SMILES string of the molecule is CC(C(=O)Nc1ccc(C(=O)Nc2cc(-c3ccc(Cl)s3)ccc2N)cc1)N1CCCC1=O. The second-order valence-electron chi connectivity index (χ2n) is 7.79. The number of halogens is 1. The number of amides is 3. The highest BCUT2D eigenvalue weighted by Crippen LogP contribution is 2.34. The number of nitrogen functional groups attached to an aromatic ring is 1. The Bertz CT molecular complexity index is 1210. The first kappa shape index (κ1) is 22.8. The van der Waals surface area contributed by atoms with E-state index in [1.54, 1.807) is 42.2 Å². The molecule has 0 spiro atoms. The minimum atomic E-state index is -0.545. The molecule has 1 fully saturated rings. The minimum Gasteiger partial charge on any atom is -0.397 e. The predicted molar refractivity (Wildman–Crippen MR) is 133 cm³/mol. The number of nitrogens with one attached hydrogen (secondary N) is 2. The summed E-state index contributed by atoms with van der Waals surface area (Å²) in [5.41, 5.74) is 8.87. The fourth-order valence-electron chi connectivity index (χ4n) is 3.65. The first-order valence-corrected chi connectivity index (χ1v) is 11.7. The van der Waals surface area contributed by atoms with Crippen molar-refractivity contribution in [3.63, 3.8) is 0 Å². The summed E-state index contributed by atoms with van der Waals surface area (Å²) < 4.78 is 0.681. The first-order valence-electron chi connectivity index (χ1n) is 10.5. The highest BCUT2D eigenvalue weighted by Gasteiger charge is 2.29. The Morgan fingerprint density at radius 3 is 2.48 bits per heavy atom. The van der Waals surface area contributed by atoms with Crippen LogP contribution in [-0.4, -0.2) is 35.2 Å². The van der Waals surface area contributed by atoms with Crippen molar-refractivity contribution in [1.82, 2.24) is 4.90 Å². The smallest absolute Gasteiger partial charge is 0.255 e. The Labute approximate surface area is 200 Å². The molecule has 0 bridgehead atoms. The number of likely N-dealkylation sites (tertiary alicyclic amines) is 1. The summed E-state index contributed by atoms with van der Waals surface area (Å²) in [4.78, 5) is 39.7. The molecular formula is C24H23ClN4O3S. The number of hydrogen-bond acceptors (Lipinski definition) is 5. The van der Waals surface area contributed by atoms with Crippen molar-refractivity contribution in [2.24, 2.45) is 0 Å². The molecule has 2 heterocycles. The molecule has 9 heteroatoms. The van der Waals surface area contributed by atoms with Crippen LogP contribution < -0.4 is 16.4 Å². The van der Waals surface area contributed by atoms with Gasteiger partial charge in [0.15, 0.2) is 0 Å². The van der Waals surface area contributed by atoms with E-state index in [1.807, 2.05) is 24.3 Å². The average molecular weight is 483 g/mol. The quantitative estimate of drug-likeness (QED) is 0.436. The van der Waals surface area contributed by atoms with E-state index in [0.717, 1.165) is 16.9 Å². The molecule has 1 saturated heterocycles. The minimum absolute atomic E-state index is 0.00446. The molecule has 1 aromatic heterocycles. The summed E-state index contributed by atoms with van der Waals surface area (Å²) in [5, 5.41) is 5.64. The van der Waals surface area contributed by atoms with Gasteiger partial charge in [-0.2, -0.15) is 0 Å².